The number of rotatable bonds is 5. The van der Waals surface area contributed by atoms with Crippen LogP contribution in [0.2, 0.25) is 0 Å². The van der Waals surface area contributed by atoms with E-state index >= 15 is 0 Å². The lowest BCUT2D eigenvalue weighted by atomic mass is 10.1. The van der Waals surface area contributed by atoms with E-state index in [2.05, 4.69) is 10.5 Å². The van der Waals surface area contributed by atoms with Gasteiger partial charge in [0.25, 0.3) is 5.69 Å². The first kappa shape index (κ1) is 14.5. The van der Waals surface area contributed by atoms with Gasteiger partial charge in [0.15, 0.2) is 0 Å². The molecule has 0 saturated carbocycles. The number of hydrazone groups is 1. The average molecular weight is 281 g/mol. The van der Waals surface area contributed by atoms with Crippen LogP contribution in [0.15, 0.2) is 65.3 Å². The van der Waals surface area contributed by atoms with Crippen molar-refractivity contribution in [2.24, 2.45) is 5.10 Å². The molecular formula is C16H15N3O2. The fourth-order valence-electron chi connectivity index (χ4n) is 1.75. The van der Waals surface area contributed by atoms with Crippen molar-refractivity contribution in [3.8, 4) is 0 Å². The fourth-order valence-corrected chi connectivity index (χ4v) is 1.75. The summed E-state index contributed by atoms with van der Waals surface area (Å²) in [6, 6.07) is 16.1. The van der Waals surface area contributed by atoms with Crippen molar-refractivity contribution in [1.29, 1.82) is 0 Å². The van der Waals surface area contributed by atoms with Crippen molar-refractivity contribution in [2.75, 3.05) is 5.43 Å². The van der Waals surface area contributed by atoms with Crippen LogP contribution in [0, 0.1) is 10.1 Å². The summed E-state index contributed by atoms with van der Waals surface area (Å²) in [4.78, 5) is 10.2. The van der Waals surface area contributed by atoms with Gasteiger partial charge in [-0.2, -0.15) is 5.10 Å². The van der Waals surface area contributed by atoms with Gasteiger partial charge >= 0.3 is 0 Å². The van der Waals surface area contributed by atoms with Crippen molar-refractivity contribution < 1.29 is 4.92 Å². The standard InChI is InChI=1S/C16H15N3O2/c1-13(10-14-6-3-2-4-7-14)12-17-18-15-8-5-9-16(11-15)19(20)21/h2-12,18H,1H3/b13-10-,17-12-. The molecule has 0 amide bonds. The molecule has 5 heteroatoms. The highest BCUT2D eigenvalue weighted by Gasteiger charge is 2.04. The maximum Gasteiger partial charge on any atom is 0.271 e. The zero-order chi connectivity index (χ0) is 15.1. The highest BCUT2D eigenvalue weighted by Crippen LogP contribution is 2.16. The minimum Gasteiger partial charge on any atom is -0.278 e. The van der Waals surface area contributed by atoms with Crippen LogP contribution < -0.4 is 5.43 Å². The van der Waals surface area contributed by atoms with Gasteiger partial charge in [0.05, 0.1) is 16.8 Å². The number of hydrogen-bond donors (Lipinski definition) is 1. The Hall–Kier alpha value is -2.95. The molecule has 0 aliphatic carbocycles. The molecule has 1 N–H and O–H groups in total. The monoisotopic (exact) mass is 281 g/mol. The first-order valence-electron chi connectivity index (χ1n) is 6.42. The van der Waals surface area contributed by atoms with Crippen LogP contribution in [0.4, 0.5) is 11.4 Å². The van der Waals surface area contributed by atoms with Crippen LogP contribution in [0.3, 0.4) is 0 Å². The summed E-state index contributed by atoms with van der Waals surface area (Å²) in [5.74, 6) is 0. The maximum atomic E-state index is 10.7. The smallest absolute Gasteiger partial charge is 0.271 e. The lowest BCUT2D eigenvalue weighted by molar-refractivity contribution is -0.384. The second-order valence-corrected chi connectivity index (χ2v) is 4.48. The molecule has 5 nitrogen and oxygen atoms in total. The molecule has 0 radical (unpaired) electrons. The van der Waals surface area contributed by atoms with Gasteiger partial charge < -0.3 is 0 Å². The Morgan fingerprint density at radius 1 is 1.19 bits per heavy atom. The normalized spacial score (nSPS) is 11.6. The third kappa shape index (κ3) is 4.58. The second kappa shape index (κ2) is 7.00. The van der Waals surface area contributed by atoms with E-state index in [4.69, 9.17) is 0 Å². The van der Waals surface area contributed by atoms with Crippen molar-refractivity contribution in [3.63, 3.8) is 0 Å². The van der Waals surface area contributed by atoms with Gasteiger partial charge in [-0.15, -0.1) is 0 Å². The number of nitro groups is 1. The molecule has 2 rings (SSSR count). The summed E-state index contributed by atoms with van der Waals surface area (Å²) >= 11 is 0. The quantitative estimate of drug-likeness (QED) is 0.509. The largest absolute Gasteiger partial charge is 0.278 e. The number of non-ortho nitro benzene ring substituents is 1. The van der Waals surface area contributed by atoms with Gasteiger partial charge in [-0.1, -0.05) is 42.5 Å². The molecule has 0 aliphatic heterocycles. The SMILES string of the molecule is CC(/C=N\Nc1cccc([N+](=O)[O-])c1)=C/c1ccccc1. The Balaban J connectivity index is 2.00. The van der Waals surface area contributed by atoms with E-state index in [-0.39, 0.29) is 5.69 Å². The molecule has 0 saturated heterocycles. The molecule has 0 bridgehead atoms. The molecule has 0 spiro atoms. The Kier molecular flexibility index (Phi) is 4.82. The number of nitro benzene ring substituents is 1. The van der Waals surface area contributed by atoms with Gasteiger partial charge in [-0.25, -0.2) is 0 Å². The van der Waals surface area contributed by atoms with Gasteiger partial charge in [0.1, 0.15) is 0 Å². The van der Waals surface area contributed by atoms with Crippen molar-refractivity contribution in [1.82, 2.24) is 0 Å². The summed E-state index contributed by atoms with van der Waals surface area (Å²) in [5, 5.41) is 14.7. The highest BCUT2D eigenvalue weighted by atomic mass is 16.6. The van der Waals surface area contributed by atoms with Crippen LogP contribution in [-0.4, -0.2) is 11.1 Å². The van der Waals surface area contributed by atoms with Gasteiger partial charge in [-0.3, -0.25) is 15.5 Å². The average Bonchev–Trinajstić information content (AvgIpc) is 2.48. The van der Waals surface area contributed by atoms with Gasteiger partial charge in [0, 0.05) is 12.1 Å². The zero-order valence-electron chi connectivity index (χ0n) is 11.6. The summed E-state index contributed by atoms with van der Waals surface area (Å²) in [6.07, 6.45) is 3.67. The Morgan fingerprint density at radius 3 is 2.67 bits per heavy atom. The van der Waals surface area contributed by atoms with Crippen LogP contribution in [0.25, 0.3) is 6.08 Å². The summed E-state index contributed by atoms with van der Waals surface area (Å²) < 4.78 is 0. The third-order valence-electron chi connectivity index (χ3n) is 2.71. The van der Waals surface area contributed by atoms with E-state index in [1.165, 1.54) is 12.1 Å². The lowest BCUT2D eigenvalue weighted by Gasteiger charge is -2.00. The first-order valence-corrected chi connectivity index (χ1v) is 6.42. The number of benzene rings is 2. The molecule has 2 aromatic carbocycles. The first-order chi connectivity index (χ1) is 10.1. The molecular weight excluding hydrogens is 266 g/mol. The Bertz CT molecular complexity index is 679. The van der Waals surface area contributed by atoms with Crippen LogP contribution in [0.1, 0.15) is 12.5 Å². The van der Waals surface area contributed by atoms with Crippen LogP contribution in [0.5, 0.6) is 0 Å². The van der Waals surface area contributed by atoms with E-state index in [9.17, 15) is 10.1 Å². The third-order valence-corrected chi connectivity index (χ3v) is 2.71. The minimum atomic E-state index is -0.435. The highest BCUT2D eigenvalue weighted by molar-refractivity contribution is 5.85. The maximum absolute atomic E-state index is 10.7. The summed E-state index contributed by atoms with van der Waals surface area (Å²) in [6.45, 7) is 1.94. The molecule has 0 atom stereocenters. The summed E-state index contributed by atoms with van der Waals surface area (Å²) in [5.41, 5.74) is 5.46. The van der Waals surface area contributed by atoms with Crippen LogP contribution >= 0.6 is 0 Å². The van der Waals surface area contributed by atoms with E-state index < -0.39 is 4.92 Å². The molecule has 21 heavy (non-hydrogen) atoms. The molecule has 2 aromatic rings. The van der Waals surface area contributed by atoms with E-state index in [0.29, 0.717) is 5.69 Å². The molecule has 106 valence electrons. The molecule has 0 fully saturated rings. The number of anilines is 1. The topological polar surface area (TPSA) is 67.5 Å². The van der Waals surface area contributed by atoms with Crippen LogP contribution in [-0.2, 0) is 0 Å². The summed E-state index contributed by atoms with van der Waals surface area (Å²) in [7, 11) is 0. The molecule has 0 aromatic heterocycles. The van der Waals surface area contributed by atoms with Crippen molar-refractivity contribution in [3.05, 3.63) is 75.8 Å². The zero-order valence-corrected chi connectivity index (χ0v) is 11.6. The van der Waals surface area contributed by atoms with Gasteiger partial charge in [0.2, 0.25) is 0 Å². The predicted octanol–water partition coefficient (Wildman–Crippen LogP) is 4.10. The van der Waals surface area contributed by atoms with Gasteiger partial charge in [-0.05, 0) is 24.1 Å². The van der Waals surface area contributed by atoms with E-state index in [0.717, 1.165) is 11.1 Å². The molecule has 0 unspecified atom stereocenters. The Labute approximate surface area is 122 Å². The van der Waals surface area contributed by atoms with E-state index in [1.54, 1.807) is 18.3 Å². The number of nitrogens with zero attached hydrogens (tertiary/aromatic N) is 2. The minimum absolute atomic E-state index is 0.0340. The number of allylic oxidation sites excluding steroid dienone is 1. The second-order valence-electron chi connectivity index (χ2n) is 4.48. The van der Waals surface area contributed by atoms with E-state index in [1.807, 2.05) is 43.3 Å². The molecule has 0 heterocycles. The predicted molar refractivity (Wildman–Crippen MR) is 85.3 cm³/mol. The lowest BCUT2D eigenvalue weighted by Crippen LogP contribution is -1.92. The van der Waals surface area contributed by atoms with Crippen molar-refractivity contribution in [2.45, 2.75) is 6.92 Å². The molecule has 0 aliphatic rings. The van der Waals surface area contributed by atoms with Crippen molar-refractivity contribution >= 4 is 23.7 Å². The fraction of sp³-hybridized carbons (Fsp3) is 0.0625. The number of hydrogen-bond acceptors (Lipinski definition) is 4. The Morgan fingerprint density at radius 2 is 1.95 bits per heavy atom. The number of nitrogens with one attached hydrogen (secondary N) is 1.